The van der Waals surface area contributed by atoms with Crippen molar-refractivity contribution in [3.63, 3.8) is 0 Å². The molecule has 2 heterocycles. The van der Waals surface area contributed by atoms with Crippen LogP contribution in [0, 0.1) is 5.92 Å². The molecule has 4 N–H and O–H groups in total. The van der Waals surface area contributed by atoms with Crippen LogP contribution in [0.1, 0.15) is 38.5 Å². The molecule has 0 aromatic rings. The molecule has 6 nitrogen and oxygen atoms in total. The maximum absolute atomic E-state index is 11.2. The molecule has 2 aliphatic rings. The van der Waals surface area contributed by atoms with Gasteiger partial charge in [0.1, 0.15) is 0 Å². The predicted octanol–water partition coefficient (Wildman–Crippen LogP) is 1.64. The average Bonchev–Trinajstić information content (AvgIpc) is 3.11. The minimum atomic E-state index is -0.131. The summed E-state index contributed by atoms with van der Waals surface area (Å²) in [6.07, 6.45) is 6.81. The SMILES string of the molecule is CN=C(NCCCCN1CCC(C(N)=O)CC1)NCC1CCCS1.I. The number of thioether (sulfide) groups is 1. The molecule has 0 radical (unpaired) electrons. The van der Waals surface area contributed by atoms with E-state index < -0.39 is 0 Å². The van der Waals surface area contributed by atoms with E-state index in [1.54, 1.807) is 0 Å². The van der Waals surface area contributed by atoms with Gasteiger partial charge in [0.15, 0.2) is 5.96 Å². The zero-order chi connectivity index (χ0) is 17.2. The fourth-order valence-corrected chi connectivity index (χ4v) is 4.55. The molecule has 2 rings (SSSR count). The molecule has 2 aliphatic heterocycles. The van der Waals surface area contributed by atoms with Crippen molar-refractivity contribution in [2.24, 2.45) is 16.6 Å². The molecule has 1 unspecified atom stereocenters. The Bertz CT molecular complexity index is 410. The number of nitrogens with zero attached hydrogens (tertiary/aromatic N) is 2. The fourth-order valence-electron chi connectivity index (χ4n) is 3.34. The normalized spacial score (nSPS) is 22.4. The van der Waals surface area contributed by atoms with Crippen molar-refractivity contribution in [1.82, 2.24) is 15.5 Å². The Hall–Kier alpha value is -0.220. The van der Waals surface area contributed by atoms with Crippen molar-refractivity contribution in [3.05, 3.63) is 0 Å². The number of likely N-dealkylation sites (tertiary alicyclic amines) is 1. The van der Waals surface area contributed by atoms with Crippen LogP contribution >= 0.6 is 35.7 Å². The number of primary amides is 1. The predicted molar refractivity (Wildman–Crippen MR) is 118 cm³/mol. The Balaban J connectivity index is 0.00000312. The number of hydrogen-bond acceptors (Lipinski definition) is 4. The van der Waals surface area contributed by atoms with Gasteiger partial charge in [-0.1, -0.05) is 0 Å². The molecule has 0 aromatic carbocycles. The maximum Gasteiger partial charge on any atom is 0.220 e. The Kier molecular flexibility index (Phi) is 11.9. The largest absolute Gasteiger partial charge is 0.369 e. The lowest BCUT2D eigenvalue weighted by Crippen LogP contribution is -2.41. The highest BCUT2D eigenvalue weighted by Gasteiger charge is 2.22. The molecule has 2 fully saturated rings. The summed E-state index contributed by atoms with van der Waals surface area (Å²) in [6, 6.07) is 0. The van der Waals surface area contributed by atoms with E-state index in [2.05, 4.69) is 32.3 Å². The molecule has 2 saturated heterocycles. The number of unbranched alkanes of at least 4 members (excludes halogenated alkanes) is 1. The van der Waals surface area contributed by atoms with Gasteiger partial charge < -0.3 is 21.3 Å². The number of aliphatic imine (C=N–C) groups is 1. The number of nitrogens with two attached hydrogens (primary N) is 1. The van der Waals surface area contributed by atoms with Gasteiger partial charge in [0.05, 0.1) is 0 Å². The summed E-state index contributed by atoms with van der Waals surface area (Å²) in [4.78, 5) is 17.9. The first-order valence-corrected chi connectivity index (χ1v) is 10.3. The monoisotopic (exact) mass is 483 g/mol. The van der Waals surface area contributed by atoms with Crippen LogP contribution in [0.5, 0.6) is 0 Å². The third-order valence-corrected chi connectivity index (χ3v) is 6.33. The van der Waals surface area contributed by atoms with E-state index in [-0.39, 0.29) is 35.8 Å². The fraction of sp³-hybridized carbons (Fsp3) is 0.882. The van der Waals surface area contributed by atoms with E-state index in [1.165, 1.54) is 25.0 Å². The first kappa shape index (κ1) is 22.8. The molecule has 0 spiro atoms. The van der Waals surface area contributed by atoms with Gasteiger partial charge in [-0.3, -0.25) is 9.79 Å². The molecule has 8 heteroatoms. The number of halogens is 1. The smallest absolute Gasteiger partial charge is 0.220 e. The van der Waals surface area contributed by atoms with E-state index in [4.69, 9.17) is 5.73 Å². The molecule has 1 atom stereocenters. The molecule has 0 saturated carbocycles. The first-order chi connectivity index (χ1) is 11.7. The van der Waals surface area contributed by atoms with Crippen LogP contribution in [-0.2, 0) is 4.79 Å². The van der Waals surface area contributed by atoms with Crippen LogP contribution in [0.4, 0.5) is 0 Å². The standard InChI is InChI=1S/C17H33N5OS.HI/c1-19-17(21-13-15-5-4-12-24-15)20-8-2-3-9-22-10-6-14(7-11-22)16(18)23;/h14-15H,2-13H2,1H3,(H2,18,23)(H2,19,20,21);1H. The van der Waals surface area contributed by atoms with Gasteiger partial charge >= 0.3 is 0 Å². The highest BCUT2D eigenvalue weighted by atomic mass is 127. The number of piperidine rings is 1. The summed E-state index contributed by atoms with van der Waals surface area (Å²) in [5, 5.41) is 7.58. The third kappa shape index (κ3) is 8.81. The highest BCUT2D eigenvalue weighted by molar-refractivity contribution is 14.0. The van der Waals surface area contributed by atoms with Crippen LogP contribution < -0.4 is 16.4 Å². The molecule has 25 heavy (non-hydrogen) atoms. The van der Waals surface area contributed by atoms with Gasteiger partial charge in [0.25, 0.3) is 0 Å². The van der Waals surface area contributed by atoms with E-state index in [9.17, 15) is 4.79 Å². The van der Waals surface area contributed by atoms with Gasteiger partial charge in [0.2, 0.25) is 5.91 Å². The number of guanidine groups is 1. The van der Waals surface area contributed by atoms with Crippen LogP contribution in [0.2, 0.25) is 0 Å². The summed E-state index contributed by atoms with van der Waals surface area (Å²) in [5.41, 5.74) is 5.37. The Labute approximate surface area is 173 Å². The molecule has 0 bridgehead atoms. The van der Waals surface area contributed by atoms with Crippen molar-refractivity contribution in [3.8, 4) is 0 Å². The summed E-state index contributed by atoms with van der Waals surface area (Å²) in [7, 11) is 1.83. The van der Waals surface area contributed by atoms with Gasteiger partial charge in [-0.2, -0.15) is 11.8 Å². The lowest BCUT2D eigenvalue weighted by molar-refractivity contribution is -0.123. The van der Waals surface area contributed by atoms with Crippen molar-refractivity contribution < 1.29 is 4.79 Å². The number of nitrogens with one attached hydrogen (secondary N) is 2. The third-order valence-electron chi connectivity index (χ3n) is 4.93. The first-order valence-electron chi connectivity index (χ1n) is 9.27. The van der Waals surface area contributed by atoms with E-state index in [0.717, 1.165) is 63.2 Å². The Morgan fingerprint density at radius 1 is 1.24 bits per heavy atom. The molecule has 0 aliphatic carbocycles. The lowest BCUT2D eigenvalue weighted by Gasteiger charge is -2.30. The van der Waals surface area contributed by atoms with E-state index >= 15 is 0 Å². The summed E-state index contributed by atoms with van der Waals surface area (Å²) >= 11 is 2.06. The molecule has 0 aromatic heterocycles. The zero-order valence-electron chi connectivity index (χ0n) is 15.3. The van der Waals surface area contributed by atoms with Gasteiger partial charge in [-0.25, -0.2) is 0 Å². The van der Waals surface area contributed by atoms with Crippen LogP contribution in [0.3, 0.4) is 0 Å². The quantitative estimate of drug-likeness (QED) is 0.212. The zero-order valence-corrected chi connectivity index (χ0v) is 18.5. The van der Waals surface area contributed by atoms with Crippen molar-refractivity contribution in [1.29, 1.82) is 0 Å². The second-order valence-electron chi connectivity index (χ2n) is 6.74. The summed E-state index contributed by atoms with van der Waals surface area (Å²) in [6.45, 7) is 5.08. The topological polar surface area (TPSA) is 82.8 Å². The van der Waals surface area contributed by atoms with Crippen LogP contribution in [0.15, 0.2) is 4.99 Å². The van der Waals surface area contributed by atoms with E-state index in [1.807, 2.05) is 7.05 Å². The molecular formula is C17H34IN5OS. The molecule has 1 amide bonds. The van der Waals surface area contributed by atoms with Crippen LogP contribution in [-0.4, -0.2) is 67.5 Å². The van der Waals surface area contributed by atoms with Gasteiger partial charge in [-0.15, -0.1) is 24.0 Å². The minimum absolute atomic E-state index is 0. The Morgan fingerprint density at radius 3 is 2.60 bits per heavy atom. The molecule has 146 valence electrons. The number of carbonyl (C=O) groups excluding carboxylic acids is 1. The summed E-state index contributed by atoms with van der Waals surface area (Å²) in [5.74, 6) is 2.18. The number of rotatable bonds is 8. The highest BCUT2D eigenvalue weighted by Crippen LogP contribution is 2.25. The second kappa shape index (κ2) is 13.0. The van der Waals surface area contributed by atoms with Gasteiger partial charge in [0, 0.05) is 31.3 Å². The number of amides is 1. The Morgan fingerprint density at radius 2 is 2.00 bits per heavy atom. The minimum Gasteiger partial charge on any atom is -0.369 e. The van der Waals surface area contributed by atoms with Crippen LogP contribution in [0.25, 0.3) is 0 Å². The van der Waals surface area contributed by atoms with Crippen molar-refractivity contribution in [2.45, 2.75) is 43.8 Å². The second-order valence-corrected chi connectivity index (χ2v) is 8.15. The van der Waals surface area contributed by atoms with Crippen molar-refractivity contribution >= 4 is 47.6 Å². The number of carbonyl (C=O) groups is 1. The lowest BCUT2D eigenvalue weighted by atomic mass is 9.96. The van der Waals surface area contributed by atoms with E-state index in [0.29, 0.717) is 0 Å². The summed E-state index contributed by atoms with van der Waals surface area (Å²) < 4.78 is 0. The number of hydrogen-bond donors (Lipinski definition) is 3. The molecular weight excluding hydrogens is 449 g/mol. The maximum atomic E-state index is 11.2. The average molecular weight is 483 g/mol. The van der Waals surface area contributed by atoms with Gasteiger partial charge in [-0.05, 0) is 63.9 Å². The van der Waals surface area contributed by atoms with Crippen molar-refractivity contribution in [2.75, 3.05) is 45.5 Å².